The van der Waals surface area contributed by atoms with Crippen LogP contribution in [0.3, 0.4) is 0 Å². The summed E-state index contributed by atoms with van der Waals surface area (Å²) in [6.45, 7) is 4.16. The smallest absolute Gasteiger partial charge is 0.326 e. The highest BCUT2D eigenvalue weighted by Gasteiger charge is 2.19. The Balaban J connectivity index is 1.82. The second kappa shape index (κ2) is 9.36. The fourth-order valence-electron chi connectivity index (χ4n) is 3.32. The monoisotopic (exact) mass is 490 g/mol. The zero-order chi connectivity index (χ0) is 23.6. The second-order valence-corrected chi connectivity index (χ2v) is 10.4. The molecule has 0 saturated heterocycles. The van der Waals surface area contributed by atoms with E-state index in [0.717, 1.165) is 4.70 Å². The zero-order valence-electron chi connectivity index (χ0n) is 18.1. The van der Waals surface area contributed by atoms with Gasteiger partial charge in [0.15, 0.2) is 26.1 Å². The summed E-state index contributed by atoms with van der Waals surface area (Å²) in [6, 6.07) is 9.30. The van der Waals surface area contributed by atoms with Crippen LogP contribution in [0.15, 0.2) is 46.3 Å². The lowest BCUT2D eigenvalue weighted by molar-refractivity contribution is -0.143. The number of nitrogens with zero attached hydrogens (tertiary/aromatic N) is 2. The van der Waals surface area contributed by atoms with Gasteiger partial charge in [0.05, 0.1) is 27.5 Å². The fourth-order valence-corrected chi connectivity index (χ4v) is 5.28. The van der Waals surface area contributed by atoms with Crippen molar-refractivity contribution in [3.05, 3.63) is 46.8 Å². The predicted octanol–water partition coefficient (Wildman–Crippen LogP) is 2.57. The molecule has 0 N–H and O–H groups in total. The van der Waals surface area contributed by atoms with Gasteiger partial charge in [-0.05, 0) is 25.1 Å². The molecule has 1 aromatic heterocycles. The predicted molar refractivity (Wildman–Crippen MR) is 122 cm³/mol. The molecular formula is C22H22N2O7S2. The number of esters is 1. The van der Waals surface area contributed by atoms with Crippen molar-refractivity contribution in [2.45, 2.75) is 25.3 Å². The molecule has 2 heterocycles. The molecule has 4 rings (SSSR count). The highest BCUT2D eigenvalue weighted by molar-refractivity contribution is 7.91. The third kappa shape index (κ3) is 4.79. The minimum absolute atomic E-state index is 0.0590. The van der Waals surface area contributed by atoms with E-state index in [1.54, 1.807) is 23.6 Å². The molecule has 3 aromatic rings. The van der Waals surface area contributed by atoms with Crippen LogP contribution in [0.5, 0.6) is 11.5 Å². The maximum Gasteiger partial charge on any atom is 0.326 e. The Labute approximate surface area is 194 Å². The Bertz CT molecular complexity index is 1400. The third-order valence-corrected chi connectivity index (χ3v) is 7.73. The van der Waals surface area contributed by atoms with Crippen molar-refractivity contribution >= 4 is 43.3 Å². The summed E-state index contributed by atoms with van der Waals surface area (Å²) in [5.74, 6) is -0.0540. The van der Waals surface area contributed by atoms with E-state index in [9.17, 15) is 18.0 Å². The van der Waals surface area contributed by atoms with Crippen LogP contribution in [0.2, 0.25) is 0 Å². The summed E-state index contributed by atoms with van der Waals surface area (Å²) < 4.78 is 43.1. The largest absolute Gasteiger partial charge is 0.486 e. The van der Waals surface area contributed by atoms with Crippen molar-refractivity contribution in [2.24, 2.45) is 4.99 Å². The van der Waals surface area contributed by atoms with E-state index in [-0.39, 0.29) is 34.2 Å². The topological polar surface area (TPSA) is 113 Å². The van der Waals surface area contributed by atoms with E-state index in [1.165, 1.54) is 42.5 Å². The lowest BCUT2D eigenvalue weighted by Crippen LogP contribution is -2.23. The molecule has 1 amide bonds. The van der Waals surface area contributed by atoms with Crippen LogP contribution < -0.4 is 14.3 Å². The van der Waals surface area contributed by atoms with Gasteiger partial charge >= 0.3 is 5.97 Å². The van der Waals surface area contributed by atoms with Crippen LogP contribution in [0.25, 0.3) is 10.2 Å². The first-order chi connectivity index (χ1) is 15.8. The van der Waals surface area contributed by atoms with Crippen LogP contribution in [0.4, 0.5) is 0 Å². The summed E-state index contributed by atoms with van der Waals surface area (Å²) in [5.41, 5.74) is 0.779. The first-order valence-electron chi connectivity index (χ1n) is 10.3. The Kier molecular flexibility index (Phi) is 6.52. The van der Waals surface area contributed by atoms with Crippen LogP contribution >= 0.6 is 11.3 Å². The van der Waals surface area contributed by atoms with Crippen molar-refractivity contribution in [3.63, 3.8) is 0 Å². The number of hydrogen-bond acceptors (Lipinski definition) is 8. The minimum atomic E-state index is -3.47. The van der Waals surface area contributed by atoms with E-state index in [0.29, 0.717) is 30.2 Å². The molecule has 0 atom stereocenters. The first kappa shape index (κ1) is 23.0. The Morgan fingerprint density at radius 3 is 2.55 bits per heavy atom. The van der Waals surface area contributed by atoms with Gasteiger partial charge in [0.2, 0.25) is 0 Å². The number of carbonyl (C=O) groups excluding carboxylic acids is 2. The van der Waals surface area contributed by atoms with Crippen LogP contribution in [-0.4, -0.2) is 50.4 Å². The Hall–Kier alpha value is -3.18. The van der Waals surface area contributed by atoms with Crippen molar-refractivity contribution in [3.8, 4) is 11.5 Å². The summed E-state index contributed by atoms with van der Waals surface area (Å²) in [7, 11) is -3.47. The molecule has 1 aliphatic rings. The van der Waals surface area contributed by atoms with Crippen LogP contribution in [0.1, 0.15) is 24.2 Å². The molecule has 174 valence electrons. The van der Waals surface area contributed by atoms with Crippen molar-refractivity contribution in [1.82, 2.24) is 4.57 Å². The summed E-state index contributed by atoms with van der Waals surface area (Å²) in [5, 5.41) is 0. The Morgan fingerprint density at radius 2 is 1.85 bits per heavy atom. The quantitative estimate of drug-likeness (QED) is 0.488. The molecule has 0 radical (unpaired) electrons. The summed E-state index contributed by atoms with van der Waals surface area (Å²) in [6.07, 6.45) is 0. The number of thiazole rings is 1. The molecule has 0 saturated carbocycles. The molecular weight excluding hydrogens is 468 g/mol. The van der Waals surface area contributed by atoms with Gasteiger partial charge in [0.1, 0.15) is 19.8 Å². The number of benzene rings is 2. The molecule has 1 aliphatic heterocycles. The number of hydrogen-bond donors (Lipinski definition) is 0. The molecule has 33 heavy (non-hydrogen) atoms. The highest BCUT2D eigenvalue weighted by Crippen LogP contribution is 2.35. The van der Waals surface area contributed by atoms with Gasteiger partial charge in [0.25, 0.3) is 5.91 Å². The standard InChI is InChI=1S/C22H22N2O7S2/c1-3-29-20(25)13-24-16-11-17-18(31-9-8-30-17)12-19(16)32-22(24)23-21(26)14-6-5-7-15(10-14)33(27,28)4-2/h5-7,10-12H,3-4,8-9,13H2,1-2H3. The number of sulfone groups is 1. The number of ether oxygens (including phenoxy) is 3. The average molecular weight is 491 g/mol. The zero-order valence-corrected chi connectivity index (χ0v) is 19.7. The maximum atomic E-state index is 12.9. The van der Waals surface area contributed by atoms with Gasteiger partial charge in [-0.2, -0.15) is 4.99 Å². The maximum absolute atomic E-state index is 12.9. The van der Waals surface area contributed by atoms with Gasteiger partial charge in [0, 0.05) is 17.7 Å². The summed E-state index contributed by atoms with van der Waals surface area (Å²) >= 11 is 1.21. The third-order valence-electron chi connectivity index (χ3n) is 4.96. The lowest BCUT2D eigenvalue weighted by Gasteiger charge is -2.18. The van der Waals surface area contributed by atoms with Gasteiger partial charge in [-0.3, -0.25) is 9.59 Å². The molecule has 0 fully saturated rings. The second-order valence-electron chi connectivity index (χ2n) is 7.09. The molecule has 11 heteroatoms. The van der Waals surface area contributed by atoms with Crippen molar-refractivity contribution in [1.29, 1.82) is 0 Å². The lowest BCUT2D eigenvalue weighted by atomic mass is 10.2. The number of carbonyl (C=O) groups is 2. The van der Waals surface area contributed by atoms with E-state index in [4.69, 9.17) is 14.2 Å². The fraction of sp³-hybridized carbons (Fsp3) is 0.318. The van der Waals surface area contributed by atoms with E-state index < -0.39 is 21.7 Å². The minimum Gasteiger partial charge on any atom is -0.486 e. The molecule has 2 aromatic carbocycles. The molecule has 0 unspecified atom stereocenters. The van der Waals surface area contributed by atoms with E-state index in [2.05, 4.69) is 4.99 Å². The van der Waals surface area contributed by atoms with Gasteiger partial charge in [-0.1, -0.05) is 24.3 Å². The van der Waals surface area contributed by atoms with Crippen LogP contribution in [-0.2, 0) is 25.9 Å². The van der Waals surface area contributed by atoms with Gasteiger partial charge in [-0.25, -0.2) is 8.42 Å². The number of amides is 1. The highest BCUT2D eigenvalue weighted by atomic mass is 32.2. The van der Waals surface area contributed by atoms with Crippen LogP contribution in [0, 0.1) is 0 Å². The number of rotatable bonds is 6. The SMILES string of the molecule is CCOC(=O)Cn1c(=NC(=O)c2cccc(S(=O)(=O)CC)c2)sc2cc3c(cc21)OCCO3. The van der Waals surface area contributed by atoms with Crippen molar-refractivity contribution in [2.75, 3.05) is 25.6 Å². The molecule has 9 nitrogen and oxygen atoms in total. The number of aromatic nitrogens is 1. The van der Waals surface area contributed by atoms with E-state index >= 15 is 0 Å². The summed E-state index contributed by atoms with van der Waals surface area (Å²) in [4.78, 5) is 29.7. The average Bonchev–Trinajstić information content (AvgIpc) is 3.13. The van der Waals surface area contributed by atoms with E-state index in [1.807, 2.05) is 0 Å². The molecule has 0 aliphatic carbocycles. The Morgan fingerprint density at radius 1 is 1.12 bits per heavy atom. The molecule has 0 spiro atoms. The van der Waals surface area contributed by atoms with Gasteiger partial charge < -0.3 is 18.8 Å². The first-order valence-corrected chi connectivity index (χ1v) is 12.8. The van der Waals surface area contributed by atoms with Crippen molar-refractivity contribution < 1.29 is 32.2 Å². The van der Waals surface area contributed by atoms with Gasteiger partial charge in [-0.15, -0.1) is 0 Å². The molecule has 0 bridgehead atoms. The normalized spacial score (nSPS) is 13.8. The number of fused-ring (bicyclic) bond motifs is 2.